The average Bonchev–Trinajstić information content (AvgIpc) is 3.26. The van der Waals surface area contributed by atoms with Gasteiger partial charge in [-0.15, -0.1) is 0 Å². The van der Waals surface area contributed by atoms with Crippen molar-refractivity contribution in [3.8, 4) is 0 Å². The Labute approximate surface area is 159 Å². The predicted molar refractivity (Wildman–Crippen MR) is 99.0 cm³/mol. The van der Waals surface area contributed by atoms with E-state index in [1.807, 2.05) is 20.8 Å². The predicted octanol–water partition coefficient (Wildman–Crippen LogP) is 0.0243. The highest BCUT2D eigenvalue weighted by Gasteiger charge is 2.41. The van der Waals surface area contributed by atoms with Crippen LogP contribution in [0.4, 0.5) is 0 Å². The minimum atomic E-state index is -0.588. The lowest BCUT2D eigenvalue weighted by Crippen LogP contribution is -2.48. The number of rotatable bonds is 8. The third-order valence-electron chi connectivity index (χ3n) is 4.80. The van der Waals surface area contributed by atoms with Crippen LogP contribution in [0.15, 0.2) is 12.5 Å². The number of carbonyl (C=O) groups is 3. The maximum Gasteiger partial charge on any atom is 0.269 e. The molecular weight excluding hydrogens is 350 g/mol. The largest absolute Gasteiger partial charge is 0.372 e. The van der Waals surface area contributed by atoms with Crippen LogP contribution in [0.5, 0.6) is 0 Å². The van der Waals surface area contributed by atoms with Crippen molar-refractivity contribution in [2.75, 3.05) is 32.8 Å². The van der Waals surface area contributed by atoms with Crippen molar-refractivity contribution in [3.05, 3.63) is 18.2 Å². The second-order valence-electron chi connectivity index (χ2n) is 6.51. The van der Waals surface area contributed by atoms with Gasteiger partial charge in [0.1, 0.15) is 18.3 Å². The number of amides is 3. The van der Waals surface area contributed by atoms with Gasteiger partial charge in [0.15, 0.2) is 0 Å². The van der Waals surface area contributed by atoms with Gasteiger partial charge in [-0.3, -0.25) is 14.4 Å². The monoisotopic (exact) mass is 379 g/mol. The maximum atomic E-state index is 12.9. The Morgan fingerprint density at radius 1 is 1.30 bits per heavy atom. The van der Waals surface area contributed by atoms with E-state index in [0.717, 1.165) is 0 Å². The highest BCUT2D eigenvalue weighted by molar-refractivity contribution is 5.93. The topological polar surface area (TPSA) is 96.8 Å². The normalized spacial score (nSPS) is 19.2. The molecule has 9 nitrogen and oxygen atoms in total. The Bertz CT molecular complexity index is 670. The van der Waals surface area contributed by atoms with Crippen molar-refractivity contribution in [1.29, 1.82) is 0 Å². The number of hydrogen-bond acceptors (Lipinski definition) is 5. The van der Waals surface area contributed by atoms with Crippen molar-refractivity contribution < 1.29 is 19.1 Å². The molecular formula is C18H29N5O4. The van der Waals surface area contributed by atoms with E-state index < -0.39 is 6.04 Å². The number of carbonyl (C=O) groups excluding carboxylic acids is 3. The molecule has 1 fully saturated rings. The molecule has 27 heavy (non-hydrogen) atoms. The van der Waals surface area contributed by atoms with E-state index >= 15 is 0 Å². The number of likely N-dealkylation sites (N-methyl/N-ethyl adjacent to an activating group) is 1. The van der Waals surface area contributed by atoms with Crippen molar-refractivity contribution in [2.24, 2.45) is 7.05 Å². The Morgan fingerprint density at radius 3 is 2.56 bits per heavy atom. The third-order valence-corrected chi connectivity index (χ3v) is 4.80. The van der Waals surface area contributed by atoms with E-state index in [2.05, 4.69) is 10.3 Å². The molecule has 0 unspecified atom stereocenters. The molecule has 0 aromatic carbocycles. The van der Waals surface area contributed by atoms with E-state index in [1.54, 1.807) is 22.8 Å². The van der Waals surface area contributed by atoms with Crippen LogP contribution in [0.1, 0.15) is 37.7 Å². The van der Waals surface area contributed by atoms with E-state index in [0.29, 0.717) is 31.8 Å². The summed E-state index contributed by atoms with van der Waals surface area (Å²) in [6, 6.07) is -0.891. The molecule has 2 atom stereocenters. The lowest BCUT2D eigenvalue weighted by molar-refractivity contribution is -0.146. The number of ether oxygens (including phenoxy) is 1. The molecule has 2 rings (SSSR count). The van der Waals surface area contributed by atoms with E-state index in [1.165, 1.54) is 11.1 Å². The molecule has 2 heterocycles. The van der Waals surface area contributed by atoms with E-state index in [-0.39, 0.29) is 36.9 Å². The Morgan fingerprint density at radius 2 is 2.00 bits per heavy atom. The first-order valence-electron chi connectivity index (χ1n) is 9.35. The zero-order valence-corrected chi connectivity index (χ0v) is 16.5. The molecule has 1 aliphatic rings. The Hall–Kier alpha value is -2.42. The lowest BCUT2D eigenvalue weighted by Gasteiger charge is -2.28. The fourth-order valence-electron chi connectivity index (χ4n) is 3.30. The first kappa shape index (κ1) is 20.9. The van der Waals surface area contributed by atoms with Crippen LogP contribution in [0, 0.1) is 0 Å². The molecule has 150 valence electrons. The number of likely N-dealkylation sites (tertiary alicyclic amines) is 1. The highest BCUT2D eigenvalue weighted by Crippen LogP contribution is 2.21. The summed E-state index contributed by atoms with van der Waals surface area (Å²) in [6.07, 6.45) is 3.42. The summed E-state index contributed by atoms with van der Waals surface area (Å²) in [5.41, 5.74) is 0.431. The summed E-state index contributed by atoms with van der Waals surface area (Å²) in [7, 11) is 1.74. The average molecular weight is 379 g/mol. The molecule has 0 radical (unpaired) electrons. The van der Waals surface area contributed by atoms with Crippen molar-refractivity contribution in [3.63, 3.8) is 0 Å². The molecule has 3 amide bonds. The summed E-state index contributed by atoms with van der Waals surface area (Å²) in [5, 5.41) is 2.92. The number of hydrogen-bond donors (Lipinski definition) is 1. The van der Waals surface area contributed by atoms with Crippen LogP contribution in [0.25, 0.3) is 0 Å². The highest BCUT2D eigenvalue weighted by atomic mass is 16.5. The zero-order chi connectivity index (χ0) is 20.0. The van der Waals surface area contributed by atoms with Gasteiger partial charge < -0.3 is 24.4 Å². The smallest absolute Gasteiger partial charge is 0.269 e. The van der Waals surface area contributed by atoms with Crippen molar-refractivity contribution in [1.82, 2.24) is 24.7 Å². The molecule has 1 aromatic heterocycles. The SMILES string of the molecule is CCOCC(=O)N1C[C@H](NC(=O)c2cncn2C)C[C@H]1C(=O)N(CC)CC. The molecule has 1 saturated heterocycles. The fraction of sp³-hybridized carbons (Fsp3) is 0.667. The molecule has 1 N–H and O–H groups in total. The molecule has 0 spiro atoms. The third kappa shape index (κ3) is 4.85. The van der Waals surface area contributed by atoms with Crippen LogP contribution in [0.3, 0.4) is 0 Å². The van der Waals surface area contributed by atoms with Gasteiger partial charge >= 0.3 is 0 Å². The van der Waals surface area contributed by atoms with Gasteiger partial charge in [-0.1, -0.05) is 0 Å². The van der Waals surface area contributed by atoms with E-state index in [9.17, 15) is 14.4 Å². The Balaban J connectivity index is 2.13. The maximum absolute atomic E-state index is 12.9. The van der Waals surface area contributed by atoms with Crippen LogP contribution in [-0.4, -0.2) is 82.0 Å². The summed E-state index contributed by atoms with van der Waals surface area (Å²) >= 11 is 0. The summed E-state index contributed by atoms with van der Waals surface area (Å²) in [6.45, 7) is 7.42. The van der Waals surface area contributed by atoms with Gasteiger partial charge in [-0.25, -0.2) is 4.98 Å². The molecule has 0 aliphatic carbocycles. The van der Waals surface area contributed by atoms with Gasteiger partial charge in [0.2, 0.25) is 11.8 Å². The molecule has 1 aliphatic heterocycles. The number of nitrogens with one attached hydrogen (secondary N) is 1. The number of aromatic nitrogens is 2. The Kier molecular flexibility index (Phi) is 7.35. The van der Waals surface area contributed by atoms with Crippen LogP contribution in [-0.2, 0) is 21.4 Å². The summed E-state index contributed by atoms with van der Waals surface area (Å²) < 4.78 is 6.85. The number of aryl methyl sites for hydroxylation is 1. The van der Waals surface area contributed by atoms with Gasteiger partial charge in [0, 0.05) is 39.3 Å². The molecule has 1 aromatic rings. The summed E-state index contributed by atoms with van der Waals surface area (Å²) in [5.74, 6) is -0.602. The first-order valence-corrected chi connectivity index (χ1v) is 9.35. The minimum Gasteiger partial charge on any atom is -0.372 e. The zero-order valence-electron chi connectivity index (χ0n) is 16.5. The minimum absolute atomic E-state index is 0.0685. The van der Waals surface area contributed by atoms with Gasteiger partial charge in [-0.2, -0.15) is 0 Å². The number of nitrogens with zero attached hydrogens (tertiary/aromatic N) is 4. The second kappa shape index (κ2) is 9.50. The van der Waals surface area contributed by atoms with Crippen molar-refractivity contribution >= 4 is 17.7 Å². The van der Waals surface area contributed by atoms with Gasteiger partial charge in [0.25, 0.3) is 5.91 Å². The molecule has 9 heteroatoms. The van der Waals surface area contributed by atoms with Crippen LogP contribution < -0.4 is 5.32 Å². The molecule has 0 bridgehead atoms. The first-order chi connectivity index (χ1) is 12.9. The van der Waals surface area contributed by atoms with Crippen molar-refractivity contribution in [2.45, 2.75) is 39.3 Å². The standard InChI is InChI=1S/C18H29N5O4/c1-5-22(6-2)18(26)14-8-13(10-23(14)16(24)11-27-7-3)20-17(25)15-9-19-12-21(15)4/h9,12-14H,5-8,10-11H2,1-4H3,(H,20,25)/t13-,14+/m1/s1. The second-order valence-corrected chi connectivity index (χ2v) is 6.51. The van der Waals surface area contributed by atoms with Gasteiger partial charge in [0.05, 0.1) is 12.5 Å². The fourth-order valence-corrected chi connectivity index (χ4v) is 3.30. The molecule has 0 saturated carbocycles. The lowest BCUT2D eigenvalue weighted by atomic mass is 10.1. The number of imidazole rings is 1. The van der Waals surface area contributed by atoms with Gasteiger partial charge in [-0.05, 0) is 27.2 Å². The van der Waals surface area contributed by atoms with E-state index in [4.69, 9.17) is 4.74 Å². The van der Waals surface area contributed by atoms with Crippen LogP contribution in [0.2, 0.25) is 0 Å². The van der Waals surface area contributed by atoms with Crippen LogP contribution >= 0.6 is 0 Å². The summed E-state index contributed by atoms with van der Waals surface area (Å²) in [4.78, 5) is 45.0. The quantitative estimate of drug-likeness (QED) is 0.687.